The number of nitrogens with zero attached hydrogens (tertiary/aromatic N) is 2. The molecule has 3 N–H and O–H groups in total. The van der Waals surface area contributed by atoms with E-state index in [4.69, 9.17) is 5.73 Å². The highest BCUT2D eigenvalue weighted by atomic mass is 19.1. The quantitative estimate of drug-likeness (QED) is 0.821. The highest BCUT2D eigenvalue weighted by molar-refractivity contribution is 6.07. The van der Waals surface area contributed by atoms with Gasteiger partial charge in [0.1, 0.15) is 11.6 Å². The summed E-state index contributed by atoms with van der Waals surface area (Å²) in [6.45, 7) is 0. The average Bonchev–Trinajstić information content (AvgIpc) is 2.32. The van der Waals surface area contributed by atoms with E-state index in [9.17, 15) is 9.18 Å². The number of pyridine rings is 2. The second-order valence-corrected chi connectivity index (χ2v) is 3.28. The first kappa shape index (κ1) is 11.0. The highest BCUT2D eigenvalue weighted by Crippen LogP contribution is 2.11. The predicted molar refractivity (Wildman–Crippen MR) is 60.8 cm³/mol. The fourth-order valence-corrected chi connectivity index (χ4v) is 1.25. The van der Waals surface area contributed by atoms with E-state index in [0.717, 1.165) is 6.20 Å². The number of nitrogen functional groups attached to an aromatic ring is 1. The number of hydrogen-bond acceptors (Lipinski definition) is 4. The van der Waals surface area contributed by atoms with Crippen molar-refractivity contribution in [2.24, 2.45) is 0 Å². The number of anilines is 2. The van der Waals surface area contributed by atoms with Crippen molar-refractivity contribution in [2.45, 2.75) is 0 Å². The summed E-state index contributed by atoms with van der Waals surface area (Å²) in [6.07, 6.45) is 3.86. The molecule has 2 rings (SSSR count). The van der Waals surface area contributed by atoms with Crippen LogP contribution in [0.1, 0.15) is 10.4 Å². The van der Waals surface area contributed by atoms with Crippen LogP contribution in [0.2, 0.25) is 0 Å². The van der Waals surface area contributed by atoms with Crippen LogP contribution in [0.3, 0.4) is 0 Å². The molecule has 17 heavy (non-hydrogen) atoms. The minimum atomic E-state index is -0.466. The maximum atomic E-state index is 12.6. The van der Waals surface area contributed by atoms with Crippen LogP contribution >= 0.6 is 0 Å². The maximum absolute atomic E-state index is 12.6. The lowest BCUT2D eigenvalue weighted by Gasteiger charge is -2.05. The molecule has 0 aliphatic heterocycles. The minimum absolute atomic E-state index is 0.257. The van der Waals surface area contributed by atoms with E-state index in [2.05, 4.69) is 15.3 Å². The summed E-state index contributed by atoms with van der Waals surface area (Å²) in [5.74, 6) is -0.622. The molecule has 2 heterocycles. The molecule has 0 aliphatic rings. The Bertz CT molecular complexity index is 541. The molecule has 0 atom stereocenters. The van der Waals surface area contributed by atoms with E-state index >= 15 is 0 Å². The van der Waals surface area contributed by atoms with Gasteiger partial charge >= 0.3 is 0 Å². The van der Waals surface area contributed by atoms with Gasteiger partial charge in [-0.25, -0.2) is 9.37 Å². The molecule has 2 aromatic rings. The fraction of sp³-hybridized carbons (Fsp3) is 0. The van der Waals surface area contributed by atoms with Crippen molar-refractivity contribution in [3.8, 4) is 0 Å². The normalized spacial score (nSPS) is 9.94. The van der Waals surface area contributed by atoms with E-state index in [1.54, 1.807) is 0 Å². The standard InChI is InChI=1S/C11H9FN4O/c12-7-1-2-10(15-5-7)16-11(17)8-3-4-14-6-9(8)13/h1-6H,13H2,(H,15,16,17). The molecule has 2 aromatic heterocycles. The molecule has 1 amide bonds. The van der Waals surface area contributed by atoms with Crippen LogP contribution in [0, 0.1) is 5.82 Å². The summed E-state index contributed by atoms with van der Waals surface area (Å²) < 4.78 is 12.6. The molecule has 0 saturated heterocycles. The Morgan fingerprint density at radius 2 is 2.12 bits per heavy atom. The number of hydrogen-bond donors (Lipinski definition) is 2. The van der Waals surface area contributed by atoms with Gasteiger partial charge in [0, 0.05) is 6.20 Å². The van der Waals surface area contributed by atoms with Crippen molar-refractivity contribution in [3.63, 3.8) is 0 Å². The van der Waals surface area contributed by atoms with Gasteiger partial charge < -0.3 is 11.1 Å². The Kier molecular flexibility index (Phi) is 2.95. The number of amides is 1. The van der Waals surface area contributed by atoms with Crippen molar-refractivity contribution in [2.75, 3.05) is 11.1 Å². The zero-order valence-corrected chi connectivity index (χ0v) is 8.72. The van der Waals surface area contributed by atoms with Crippen LogP contribution in [0.15, 0.2) is 36.8 Å². The first-order valence-electron chi connectivity index (χ1n) is 4.79. The van der Waals surface area contributed by atoms with Gasteiger partial charge in [-0.05, 0) is 18.2 Å². The highest BCUT2D eigenvalue weighted by Gasteiger charge is 2.09. The molecule has 0 radical (unpaired) electrons. The first-order valence-corrected chi connectivity index (χ1v) is 4.79. The van der Waals surface area contributed by atoms with Gasteiger partial charge in [0.25, 0.3) is 5.91 Å². The maximum Gasteiger partial charge on any atom is 0.259 e. The Labute approximate surface area is 96.5 Å². The molecule has 0 saturated carbocycles. The molecule has 86 valence electrons. The van der Waals surface area contributed by atoms with Crippen LogP contribution in [-0.2, 0) is 0 Å². The average molecular weight is 232 g/mol. The molecule has 0 aromatic carbocycles. The van der Waals surface area contributed by atoms with Gasteiger partial charge in [0.15, 0.2) is 0 Å². The molecule has 0 unspecified atom stereocenters. The van der Waals surface area contributed by atoms with E-state index in [-0.39, 0.29) is 11.5 Å². The number of rotatable bonds is 2. The van der Waals surface area contributed by atoms with Gasteiger partial charge in [-0.2, -0.15) is 0 Å². The second-order valence-electron chi connectivity index (χ2n) is 3.28. The summed E-state index contributed by atoms with van der Waals surface area (Å²) in [5.41, 5.74) is 6.16. The van der Waals surface area contributed by atoms with Crippen LogP contribution in [0.25, 0.3) is 0 Å². The number of carbonyl (C=O) groups excluding carboxylic acids is 1. The van der Waals surface area contributed by atoms with Crippen molar-refractivity contribution < 1.29 is 9.18 Å². The third-order valence-corrected chi connectivity index (χ3v) is 2.07. The van der Waals surface area contributed by atoms with Crippen LogP contribution in [-0.4, -0.2) is 15.9 Å². The molecule has 5 nitrogen and oxygen atoms in total. The zero-order chi connectivity index (χ0) is 12.3. The van der Waals surface area contributed by atoms with Gasteiger partial charge in [-0.3, -0.25) is 9.78 Å². The molecular formula is C11H9FN4O. The Morgan fingerprint density at radius 1 is 1.29 bits per heavy atom. The number of halogens is 1. The summed E-state index contributed by atoms with van der Waals surface area (Å²) in [4.78, 5) is 19.3. The van der Waals surface area contributed by atoms with Gasteiger partial charge in [-0.15, -0.1) is 0 Å². The lowest BCUT2D eigenvalue weighted by atomic mass is 10.2. The molecular weight excluding hydrogens is 223 g/mol. The van der Waals surface area contributed by atoms with Gasteiger partial charge in [0.05, 0.1) is 23.6 Å². The van der Waals surface area contributed by atoms with Crippen molar-refractivity contribution in [1.82, 2.24) is 9.97 Å². The molecule has 0 bridgehead atoms. The van der Waals surface area contributed by atoms with Crippen LogP contribution in [0.5, 0.6) is 0 Å². The Hall–Kier alpha value is -2.50. The first-order chi connectivity index (χ1) is 8.16. The number of aromatic nitrogens is 2. The summed E-state index contributed by atoms with van der Waals surface area (Å²) >= 11 is 0. The summed E-state index contributed by atoms with van der Waals surface area (Å²) in [6, 6.07) is 4.07. The minimum Gasteiger partial charge on any atom is -0.397 e. The van der Waals surface area contributed by atoms with Crippen LogP contribution in [0.4, 0.5) is 15.9 Å². The summed E-state index contributed by atoms with van der Waals surface area (Å²) in [5, 5.41) is 2.50. The number of nitrogens with one attached hydrogen (secondary N) is 1. The fourth-order valence-electron chi connectivity index (χ4n) is 1.25. The molecule has 0 spiro atoms. The lowest BCUT2D eigenvalue weighted by Crippen LogP contribution is -2.15. The van der Waals surface area contributed by atoms with E-state index < -0.39 is 11.7 Å². The predicted octanol–water partition coefficient (Wildman–Crippen LogP) is 1.45. The Morgan fingerprint density at radius 3 is 2.76 bits per heavy atom. The Balaban J connectivity index is 2.17. The largest absolute Gasteiger partial charge is 0.397 e. The second kappa shape index (κ2) is 4.56. The monoisotopic (exact) mass is 232 g/mol. The summed E-state index contributed by atoms with van der Waals surface area (Å²) in [7, 11) is 0. The number of nitrogens with two attached hydrogens (primary N) is 1. The number of carbonyl (C=O) groups is 1. The lowest BCUT2D eigenvalue weighted by molar-refractivity contribution is 0.102. The van der Waals surface area contributed by atoms with Gasteiger partial charge in [0.2, 0.25) is 0 Å². The van der Waals surface area contributed by atoms with Gasteiger partial charge in [-0.1, -0.05) is 0 Å². The van der Waals surface area contributed by atoms with E-state index in [1.165, 1.54) is 30.6 Å². The third-order valence-electron chi connectivity index (χ3n) is 2.07. The topological polar surface area (TPSA) is 80.9 Å². The third kappa shape index (κ3) is 2.54. The molecule has 6 heteroatoms. The smallest absolute Gasteiger partial charge is 0.259 e. The van der Waals surface area contributed by atoms with Crippen LogP contribution < -0.4 is 11.1 Å². The van der Waals surface area contributed by atoms with Crippen molar-refractivity contribution in [3.05, 3.63) is 48.2 Å². The SMILES string of the molecule is Nc1cnccc1C(=O)Nc1ccc(F)cn1. The zero-order valence-electron chi connectivity index (χ0n) is 8.72. The van der Waals surface area contributed by atoms with Crippen molar-refractivity contribution >= 4 is 17.4 Å². The molecule has 0 fully saturated rings. The van der Waals surface area contributed by atoms with E-state index in [0.29, 0.717) is 5.56 Å². The molecule has 0 aliphatic carbocycles. The van der Waals surface area contributed by atoms with E-state index in [1.807, 2.05) is 0 Å². The van der Waals surface area contributed by atoms with Crippen molar-refractivity contribution in [1.29, 1.82) is 0 Å².